The van der Waals surface area contributed by atoms with E-state index in [-0.39, 0.29) is 6.10 Å². The van der Waals surface area contributed by atoms with Crippen LogP contribution in [0.15, 0.2) is 61.2 Å². The maximum absolute atomic E-state index is 13.0. The maximum atomic E-state index is 13.0. The van der Waals surface area contributed by atoms with Crippen molar-refractivity contribution in [3.8, 4) is 17.0 Å². The number of rotatable bonds is 6. The van der Waals surface area contributed by atoms with Crippen LogP contribution < -0.4 is 15.4 Å². The van der Waals surface area contributed by atoms with E-state index in [9.17, 15) is 9.59 Å². The molecule has 4 aromatic heterocycles. The average Bonchev–Trinajstić information content (AvgIpc) is 3.69. The quantitative estimate of drug-likeness (QED) is 0.271. The number of pyridine rings is 1. The van der Waals surface area contributed by atoms with Crippen molar-refractivity contribution >= 4 is 40.2 Å². The number of aromatic nitrogens is 6. The average molecular weight is 552 g/mol. The van der Waals surface area contributed by atoms with Gasteiger partial charge in [-0.3, -0.25) is 19.3 Å². The number of hydrogen-bond donors (Lipinski definition) is 3. The van der Waals surface area contributed by atoms with Gasteiger partial charge in [-0.15, -0.1) is 0 Å². The van der Waals surface area contributed by atoms with Crippen molar-refractivity contribution < 1.29 is 14.3 Å². The number of carbonyl (C=O) groups excluding carboxylic acids is 2. The lowest BCUT2D eigenvalue weighted by molar-refractivity contribution is -0.142. The molecule has 0 saturated carbocycles. The minimum absolute atomic E-state index is 0.192. The Kier molecular flexibility index (Phi) is 6.79. The summed E-state index contributed by atoms with van der Waals surface area (Å²) in [6.07, 6.45) is 7.34. The smallest absolute Gasteiger partial charge is 0.313 e. The number of aryl methyl sites for hydroxylation is 3. The highest BCUT2D eigenvalue weighted by Gasteiger charge is 2.31. The summed E-state index contributed by atoms with van der Waals surface area (Å²) in [6, 6.07) is 11.1. The van der Waals surface area contributed by atoms with Crippen LogP contribution in [0.1, 0.15) is 17.7 Å². The molecule has 0 spiro atoms. The SMILES string of the molecule is Cc1cnc(Nc2cc(C)n(C)n2)nc1-c1c[nH]c2c(NC(=O)C(=O)N3CCC(Oc4cccnc4)C3)cccc12. The van der Waals surface area contributed by atoms with E-state index in [2.05, 4.69) is 30.7 Å². The monoisotopic (exact) mass is 551 g/mol. The second-order valence-electron chi connectivity index (χ2n) is 10.00. The van der Waals surface area contributed by atoms with Gasteiger partial charge < -0.3 is 25.3 Å². The van der Waals surface area contributed by atoms with Gasteiger partial charge in [0.15, 0.2) is 5.82 Å². The number of nitrogens with zero attached hydrogens (tertiary/aromatic N) is 6. The molecule has 0 aliphatic carbocycles. The Balaban J connectivity index is 1.18. The molecular weight excluding hydrogens is 522 g/mol. The van der Waals surface area contributed by atoms with Gasteiger partial charge in [0.1, 0.15) is 11.9 Å². The Morgan fingerprint density at radius 1 is 1.15 bits per heavy atom. The third-order valence-corrected chi connectivity index (χ3v) is 7.11. The summed E-state index contributed by atoms with van der Waals surface area (Å²) >= 11 is 0. The third-order valence-electron chi connectivity index (χ3n) is 7.11. The molecule has 5 heterocycles. The summed E-state index contributed by atoms with van der Waals surface area (Å²) < 4.78 is 7.67. The molecule has 0 radical (unpaired) electrons. The number of amides is 2. The topological polar surface area (TPSA) is 143 Å². The normalized spacial score (nSPS) is 14.8. The molecule has 1 aromatic carbocycles. The van der Waals surface area contributed by atoms with Crippen molar-refractivity contribution in [1.29, 1.82) is 0 Å². The number of likely N-dealkylation sites (tertiary alicyclic amines) is 1. The highest BCUT2D eigenvalue weighted by atomic mass is 16.5. The number of ether oxygens (including phenoxy) is 1. The first-order valence-electron chi connectivity index (χ1n) is 13.2. The van der Waals surface area contributed by atoms with E-state index in [1.54, 1.807) is 35.4 Å². The first kappa shape index (κ1) is 26.0. The number of benzene rings is 1. The summed E-state index contributed by atoms with van der Waals surface area (Å²) in [4.78, 5) is 43.9. The first-order valence-corrected chi connectivity index (χ1v) is 13.2. The summed E-state index contributed by atoms with van der Waals surface area (Å²) in [6.45, 7) is 4.68. The molecule has 2 amide bonds. The summed E-state index contributed by atoms with van der Waals surface area (Å²) in [5, 5.41) is 11.2. The second-order valence-corrected chi connectivity index (χ2v) is 10.00. The van der Waals surface area contributed by atoms with Crippen LogP contribution in [0, 0.1) is 13.8 Å². The molecule has 0 bridgehead atoms. The van der Waals surface area contributed by atoms with Crippen molar-refractivity contribution in [2.75, 3.05) is 23.7 Å². The molecule has 41 heavy (non-hydrogen) atoms. The third kappa shape index (κ3) is 5.31. The van der Waals surface area contributed by atoms with Crippen molar-refractivity contribution in [1.82, 2.24) is 34.6 Å². The fraction of sp³-hybridized carbons (Fsp3) is 0.241. The van der Waals surface area contributed by atoms with E-state index < -0.39 is 11.8 Å². The zero-order chi connectivity index (χ0) is 28.5. The van der Waals surface area contributed by atoms with Crippen molar-refractivity contribution in [2.45, 2.75) is 26.4 Å². The van der Waals surface area contributed by atoms with E-state index in [0.29, 0.717) is 48.2 Å². The van der Waals surface area contributed by atoms with Crippen molar-refractivity contribution in [3.05, 3.63) is 72.4 Å². The van der Waals surface area contributed by atoms with Crippen molar-refractivity contribution in [2.24, 2.45) is 7.05 Å². The van der Waals surface area contributed by atoms with Crippen LogP contribution in [0.5, 0.6) is 5.75 Å². The van der Waals surface area contributed by atoms with E-state index in [1.807, 2.05) is 51.4 Å². The zero-order valence-corrected chi connectivity index (χ0v) is 22.9. The van der Waals surface area contributed by atoms with Crippen LogP contribution in [0.2, 0.25) is 0 Å². The predicted molar refractivity (Wildman–Crippen MR) is 154 cm³/mol. The molecular formula is C29H29N9O3. The van der Waals surface area contributed by atoms with Crippen LogP contribution in [-0.2, 0) is 16.6 Å². The highest BCUT2D eigenvalue weighted by molar-refractivity contribution is 6.40. The van der Waals surface area contributed by atoms with Crippen LogP contribution in [0.4, 0.5) is 17.5 Å². The molecule has 6 rings (SSSR count). The van der Waals surface area contributed by atoms with Gasteiger partial charge in [0, 0.05) is 61.3 Å². The Morgan fingerprint density at radius 3 is 2.80 bits per heavy atom. The molecule has 5 aromatic rings. The lowest BCUT2D eigenvalue weighted by Gasteiger charge is -2.17. The Morgan fingerprint density at radius 2 is 2.02 bits per heavy atom. The molecule has 208 valence electrons. The van der Waals surface area contributed by atoms with Gasteiger partial charge in [-0.25, -0.2) is 9.97 Å². The molecule has 1 aliphatic heterocycles. The minimum Gasteiger partial charge on any atom is -0.487 e. The van der Waals surface area contributed by atoms with Gasteiger partial charge in [-0.2, -0.15) is 5.10 Å². The fourth-order valence-corrected chi connectivity index (χ4v) is 4.90. The number of H-pyrrole nitrogens is 1. The highest BCUT2D eigenvalue weighted by Crippen LogP contribution is 2.33. The van der Waals surface area contributed by atoms with Crippen LogP contribution in [0.3, 0.4) is 0 Å². The van der Waals surface area contributed by atoms with E-state index in [4.69, 9.17) is 9.72 Å². The number of para-hydroxylation sites is 1. The second kappa shape index (κ2) is 10.7. The Bertz CT molecular complexity index is 1730. The van der Waals surface area contributed by atoms with Gasteiger partial charge in [-0.05, 0) is 37.6 Å². The number of anilines is 3. The first-order chi connectivity index (χ1) is 19.9. The number of hydrogen-bond acceptors (Lipinski definition) is 8. The minimum atomic E-state index is -0.703. The van der Waals surface area contributed by atoms with Gasteiger partial charge >= 0.3 is 11.8 Å². The fourth-order valence-electron chi connectivity index (χ4n) is 4.90. The number of nitrogens with one attached hydrogen (secondary N) is 3. The van der Waals surface area contributed by atoms with Crippen LogP contribution in [0.25, 0.3) is 22.2 Å². The van der Waals surface area contributed by atoms with Gasteiger partial charge in [0.05, 0.1) is 29.6 Å². The molecule has 1 unspecified atom stereocenters. The van der Waals surface area contributed by atoms with Gasteiger partial charge in [0.25, 0.3) is 0 Å². The van der Waals surface area contributed by atoms with Crippen LogP contribution >= 0.6 is 0 Å². The standard InChI is InChI=1S/C29H29N9O3/c1-17-13-32-29(34-24-12-18(2)37(3)36-24)35-25(17)22-15-31-26-21(22)7-4-8-23(26)33-27(39)28(40)38-11-9-20(16-38)41-19-6-5-10-30-14-19/h4-8,10,12-15,20,31H,9,11,16H2,1-3H3,(H,33,39)(H,32,34,35,36). The largest absolute Gasteiger partial charge is 0.487 e. The Labute approximate surface area is 235 Å². The van der Waals surface area contributed by atoms with E-state index >= 15 is 0 Å². The maximum Gasteiger partial charge on any atom is 0.313 e. The van der Waals surface area contributed by atoms with E-state index in [0.717, 1.165) is 27.9 Å². The number of fused-ring (bicyclic) bond motifs is 1. The molecule has 1 atom stereocenters. The molecule has 1 aliphatic rings. The van der Waals surface area contributed by atoms with Crippen molar-refractivity contribution in [3.63, 3.8) is 0 Å². The zero-order valence-electron chi connectivity index (χ0n) is 22.9. The summed E-state index contributed by atoms with van der Waals surface area (Å²) in [7, 11) is 1.87. The molecule has 12 nitrogen and oxygen atoms in total. The predicted octanol–water partition coefficient (Wildman–Crippen LogP) is 3.73. The lowest BCUT2D eigenvalue weighted by atomic mass is 10.1. The van der Waals surface area contributed by atoms with Gasteiger partial charge in [0.2, 0.25) is 5.95 Å². The molecule has 1 saturated heterocycles. The van der Waals surface area contributed by atoms with E-state index in [1.165, 1.54) is 4.90 Å². The summed E-state index contributed by atoms with van der Waals surface area (Å²) in [5.74, 6) is 0.411. The molecule has 1 fully saturated rings. The lowest BCUT2D eigenvalue weighted by Crippen LogP contribution is -2.39. The molecule has 3 N–H and O–H groups in total. The number of carbonyl (C=O) groups is 2. The summed E-state index contributed by atoms with van der Waals surface area (Å²) in [5.41, 5.74) is 4.66. The van der Waals surface area contributed by atoms with Gasteiger partial charge in [-0.1, -0.05) is 12.1 Å². The molecule has 12 heteroatoms. The van der Waals surface area contributed by atoms with Crippen LogP contribution in [-0.4, -0.2) is 65.6 Å². The Hall–Kier alpha value is -5.26. The number of aromatic amines is 1.